The van der Waals surface area contributed by atoms with Gasteiger partial charge in [-0.15, -0.1) is 6.58 Å². The molecule has 9 heavy (non-hydrogen) atoms. The summed E-state index contributed by atoms with van der Waals surface area (Å²) < 4.78 is 0. The van der Waals surface area contributed by atoms with Gasteiger partial charge in [0, 0.05) is 5.92 Å². The largest absolute Gasteiger partial charge is 0.198 e. The third-order valence-corrected chi connectivity index (χ3v) is 1.65. The smallest absolute Gasteiger partial charge is 0.0703 e. The summed E-state index contributed by atoms with van der Waals surface area (Å²) >= 11 is 0. The van der Waals surface area contributed by atoms with Gasteiger partial charge in [-0.3, -0.25) is 0 Å². The Morgan fingerprint density at radius 3 is 1.78 bits per heavy atom. The van der Waals surface area contributed by atoms with Crippen molar-refractivity contribution < 1.29 is 0 Å². The van der Waals surface area contributed by atoms with Gasteiger partial charge < -0.3 is 0 Å². The van der Waals surface area contributed by atoms with Crippen LogP contribution >= 0.6 is 0 Å². The van der Waals surface area contributed by atoms with Crippen molar-refractivity contribution in [2.75, 3.05) is 0 Å². The molecule has 0 N–H and O–H groups in total. The molecule has 2 nitrogen and oxygen atoms in total. The van der Waals surface area contributed by atoms with Gasteiger partial charge in [-0.05, 0) is 0 Å². The van der Waals surface area contributed by atoms with Crippen LogP contribution in [0.4, 0.5) is 0 Å². The molecule has 1 aliphatic carbocycles. The number of hydrogen-bond donors (Lipinski definition) is 0. The molecule has 1 rings (SSSR count). The lowest BCUT2D eigenvalue weighted by atomic mass is 10.3. The second-order valence-corrected chi connectivity index (χ2v) is 2.12. The fourth-order valence-corrected chi connectivity index (χ4v) is 0.960. The highest BCUT2D eigenvalue weighted by atomic mass is 14.5. The topological polar surface area (TPSA) is 47.6 Å². The van der Waals surface area contributed by atoms with Crippen LogP contribution in [0.15, 0.2) is 12.7 Å². The molecular formula is C7H6N2. The van der Waals surface area contributed by atoms with E-state index in [1.807, 2.05) is 12.1 Å². The second kappa shape index (κ2) is 1.91. The van der Waals surface area contributed by atoms with Crippen LogP contribution in [0.3, 0.4) is 0 Å². The molecule has 0 aromatic heterocycles. The van der Waals surface area contributed by atoms with Gasteiger partial charge in [-0.25, -0.2) is 0 Å². The highest BCUT2D eigenvalue weighted by Gasteiger charge is 2.48. The van der Waals surface area contributed by atoms with Crippen LogP contribution in [0.2, 0.25) is 0 Å². The molecule has 44 valence electrons. The SMILES string of the molecule is C=CC1C(C#N)C1C#N. The lowest BCUT2D eigenvalue weighted by molar-refractivity contribution is 1.01. The Balaban J connectivity index is 2.59. The van der Waals surface area contributed by atoms with E-state index in [0.29, 0.717) is 0 Å². The molecular weight excluding hydrogens is 112 g/mol. The van der Waals surface area contributed by atoms with E-state index in [0.717, 1.165) is 0 Å². The van der Waals surface area contributed by atoms with Gasteiger partial charge in [0.05, 0.1) is 24.0 Å². The fourth-order valence-electron chi connectivity index (χ4n) is 0.960. The maximum absolute atomic E-state index is 8.36. The van der Waals surface area contributed by atoms with Gasteiger partial charge in [0.25, 0.3) is 0 Å². The molecule has 1 saturated carbocycles. The Morgan fingerprint density at radius 1 is 1.22 bits per heavy atom. The van der Waals surface area contributed by atoms with E-state index in [4.69, 9.17) is 10.5 Å². The molecule has 0 saturated heterocycles. The van der Waals surface area contributed by atoms with Crippen LogP contribution in [-0.4, -0.2) is 0 Å². The van der Waals surface area contributed by atoms with Crippen LogP contribution in [-0.2, 0) is 0 Å². The number of rotatable bonds is 1. The van der Waals surface area contributed by atoms with Gasteiger partial charge in [-0.1, -0.05) is 6.08 Å². The Hall–Kier alpha value is -1.28. The van der Waals surface area contributed by atoms with Crippen LogP contribution < -0.4 is 0 Å². The third-order valence-electron chi connectivity index (χ3n) is 1.65. The number of nitriles is 2. The van der Waals surface area contributed by atoms with Gasteiger partial charge in [0.15, 0.2) is 0 Å². The Morgan fingerprint density at radius 2 is 1.67 bits per heavy atom. The van der Waals surface area contributed by atoms with Gasteiger partial charge in [-0.2, -0.15) is 10.5 Å². The first-order chi connectivity index (χ1) is 4.35. The number of nitrogens with zero attached hydrogens (tertiary/aromatic N) is 2. The normalized spacial score (nSPS) is 38.2. The average Bonchev–Trinajstić information content (AvgIpc) is 2.59. The van der Waals surface area contributed by atoms with E-state index >= 15 is 0 Å². The molecule has 0 spiro atoms. The molecule has 0 aromatic carbocycles. The maximum atomic E-state index is 8.36. The maximum Gasteiger partial charge on any atom is 0.0703 e. The third kappa shape index (κ3) is 0.691. The summed E-state index contributed by atoms with van der Waals surface area (Å²) in [6, 6.07) is 4.09. The summed E-state index contributed by atoms with van der Waals surface area (Å²) in [6.07, 6.45) is 1.68. The summed E-state index contributed by atoms with van der Waals surface area (Å²) in [6.45, 7) is 3.52. The molecule has 2 heteroatoms. The Kier molecular flexibility index (Phi) is 1.24. The van der Waals surface area contributed by atoms with Crippen molar-refractivity contribution in [3.63, 3.8) is 0 Å². The van der Waals surface area contributed by atoms with Gasteiger partial charge >= 0.3 is 0 Å². The van der Waals surface area contributed by atoms with E-state index in [-0.39, 0.29) is 17.8 Å². The van der Waals surface area contributed by atoms with Crippen molar-refractivity contribution in [1.29, 1.82) is 10.5 Å². The highest BCUT2D eigenvalue weighted by molar-refractivity contribution is 5.22. The molecule has 0 aromatic rings. The van der Waals surface area contributed by atoms with Crippen molar-refractivity contribution in [3.05, 3.63) is 12.7 Å². The van der Waals surface area contributed by atoms with Crippen LogP contribution in [0.1, 0.15) is 0 Å². The average molecular weight is 118 g/mol. The summed E-state index contributed by atoms with van der Waals surface area (Å²) in [5, 5.41) is 16.7. The number of hydrogen-bond acceptors (Lipinski definition) is 2. The van der Waals surface area contributed by atoms with Crippen LogP contribution in [0, 0.1) is 40.4 Å². The summed E-state index contributed by atoms with van der Waals surface area (Å²) in [7, 11) is 0. The molecule has 1 fully saturated rings. The van der Waals surface area contributed by atoms with Crippen LogP contribution in [0.25, 0.3) is 0 Å². The second-order valence-electron chi connectivity index (χ2n) is 2.12. The van der Waals surface area contributed by atoms with E-state index in [1.165, 1.54) is 0 Å². The van der Waals surface area contributed by atoms with Crippen LogP contribution in [0.5, 0.6) is 0 Å². The fraction of sp³-hybridized carbons (Fsp3) is 0.429. The molecule has 1 aliphatic rings. The Labute approximate surface area is 54.0 Å². The van der Waals surface area contributed by atoms with Crippen molar-refractivity contribution in [2.45, 2.75) is 0 Å². The molecule has 0 bridgehead atoms. The van der Waals surface area contributed by atoms with E-state index in [1.54, 1.807) is 6.08 Å². The van der Waals surface area contributed by atoms with Crippen molar-refractivity contribution in [3.8, 4) is 12.1 Å². The van der Waals surface area contributed by atoms with Gasteiger partial charge in [0.1, 0.15) is 0 Å². The first-order valence-electron chi connectivity index (χ1n) is 2.77. The van der Waals surface area contributed by atoms with Crippen molar-refractivity contribution in [2.24, 2.45) is 17.8 Å². The standard InChI is InChI=1S/C7H6N2/c1-2-5-6(3-8)7(5)4-9/h2,5-7H,1H2. The zero-order valence-electron chi connectivity index (χ0n) is 4.91. The molecule has 0 radical (unpaired) electrons. The highest BCUT2D eigenvalue weighted by Crippen LogP contribution is 2.45. The molecule has 0 heterocycles. The first-order valence-corrected chi connectivity index (χ1v) is 2.77. The van der Waals surface area contributed by atoms with E-state index in [9.17, 15) is 0 Å². The molecule has 0 aliphatic heterocycles. The predicted octanol–water partition coefficient (Wildman–Crippen LogP) is 1.08. The molecule has 2 unspecified atom stereocenters. The summed E-state index contributed by atoms with van der Waals surface area (Å²) in [5.74, 6) is -0.0139. The zero-order chi connectivity index (χ0) is 6.85. The lowest BCUT2D eigenvalue weighted by Gasteiger charge is -1.70. The monoisotopic (exact) mass is 118 g/mol. The summed E-state index contributed by atoms with van der Waals surface area (Å²) in [4.78, 5) is 0. The van der Waals surface area contributed by atoms with Crippen molar-refractivity contribution in [1.82, 2.24) is 0 Å². The van der Waals surface area contributed by atoms with E-state index in [2.05, 4.69) is 6.58 Å². The zero-order valence-corrected chi connectivity index (χ0v) is 4.91. The van der Waals surface area contributed by atoms with Gasteiger partial charge in [0.2, 0.25) is 0 Å². The Bertz CT molecular complexity index is 186. The lowest BCUT2D eigenvalue weighted by Crippen LogP contribution is -1.67. The summed E-state index contributed by atoms with van der Waals surface area (Å²) in [5.41, 5.74) is 0. The first kappa shape index (κ1) is 5.85. The predicted molar refractivity (Wildman–Crippen MR) is 31.9 cm³/mol. The van der Waals surface area contributed by atoms with Crippen molar-refractivity contribution >= 4 is 0 Å². The number of allylic oxidation sites excluding steroid dienone is 1. The minimum atomic E-state index is -0.0764. The van der Waals surface area contributed by atoms with E-state index < -0.39 is 0 Å². The molecule has 0 amide bonds. The minimum absolute atomic E-state index is 0.0764. The minimum Gasteiger partial charge on any atom is -0.198 e. The quantitative estimate of drug-likeness (QED) is 0.484. The molecule has 2 atom stereocenters.